The van der Waals surface area contributed by atoms with Crippen LogP contribution in [0.5, 0.6) is 5.75 Å². The average molecular weight is 447 g/mol. The van der Waals surface area contributed by atoms with Crippen molar-refractivity contribution >= 4 is 5.91 Å². The summed E-state index contributed by atoms with van der Waals surface area (Å²) in [6, 6.07) is 17.8. The Morgan fingerprint density at radius 2 is 1.82 bits per heavy atom. The topological polar surface area (TPSA) is 59.8 Å². The lowest BCUT2D eigenvalue weighted by molar-refractivity contribution is 0.0541. The van der Waals surface area contributed by atoms with E-state index in [4.69, 9.17) is 10.00 Å². The summed E-state index contributed by atoms with van der Waals surface area (Å²) in [6.45, 7) is 6.74. The first-order valence-electron chi connectivity index (χ1n) is 12.0. The number of methoxy groups -OCH3 is 1. The highest BCUT2D eigenvalue weighted by Crippen LogP contribution is 2.23. The second-order valence-corrected chi connectivity index (χ2v) is 9.10. The number of rotatable bonds is 8. The lowest BCUT2D eigenvalue weighted by Crippen LogP contribution is -2.49. The lowest BCUT2D eigenvalue weighted by Gasteiger charge is -2.39. The molecule has 6 nitrogen and oxygen atoms in total. The summed E-state index contributed by atoms with van der Waals surface area (Å²) < 4.78 is 5.35. The minimum Gasteiger partial charge on any atom is -0.497 e. The normalized spacial score (nSPS) is 17.6. The smallest absolute Gasteiger partial charge is 0.254 e. The molecule has 174 valence electrons. The number of nitriles is 1. The molecule has 0 unspecified atom stereocenters. The summed E-state index contributed by atoms with van der Waals surface area (Å²) in [5.74, 6) is 0.822. The van der Waals surface area contributed by atoms with E-state index in [2.05, 4.69) is 26.8 Å². The maximum atomic E-state index is 13.6. The van der Waals surface area contributed by atoms with Gasteiger partial charge in [0.05, 0.1) is 18.7 Å². The fourth-order valence-electron chi connectivity index (χ4n) is 5.01. The molecule has 0 saturated carbocycles. The molecule has 0 spiro atoms. The Balaban J connectivity index is 1.41. The first kappa shape index (κ1) is 23.3. The Morgan fingerprint density at radius 1 is 1.06 bits per heavy atom. The molecule has 0 bridgehead atoms. The van der Waals surface area contributed by atoms with Crippen LogP contribution < -0.4 is 4.74 Å². The first-order chi connectivity index (χ1) is 16.2. The SMILES string of the molecule is COc1cccc(C(=O)N(CCN2CCCC2)C2CCN(Cc3cccc(C#N)c3)CC2)c1. The van der Waals surface area contributed by atoms with Crippen LogP contribution in [-0.4, -0.2) is 73.0 Å². The third-order valence-corrected chi connectivity index (χ3v) is 6.89. The van der Waals surface area contributed by atoms with Gasteiger partial charge in [0.15, 0.2) is 0 Å². The second-order valence-electron chi connectivity index (χ2n) is 9.10. The molecule has 0 atom stereocenters. The van der Waals surface area contributed by atoms with Crippen LogP contribution in [0.15, 0.2) is 48.5 Å². The summed E-state index contributed by atoms with van der Waals surface area (Å²) in [7, 11) is 1.64. The number of benzene rings is 2. The molecule has 2 aliphatic rings. The van der Waals surface area contributed by atoms with E-state index in [9.17, 15) is 4.79 Å². The van der Waals surface area contributed by atoms with Crippen molar-refractivity contribution in [1.82, 2.24) is 14.7 Å². The number of carbonyl (C=O) groups is 1. The van der Waals surface area contributed by atoms with Crippen LogP contribution in [0.3, 0.4) is 0 Å². The van der Waals surface area contributed by atoms with Gasteiger partial charge in [-0.1, -0.05) is 18.2 Å². The molecule has 2 heterocycles. The quantitative estimate of drug-likeness (QED) is 0.618. The van der Waals surface area contributed by atoms with E-state index >= 15 is 0 Å². The van der Waals surface area contributed by atoms with E-state index in [0.29, 0.717) is 11.1 Å². The van der Waals surface area contributed by atoms with E-state index in [0.717, 1.165) is 64.4 Å². The van der Waals surface area contributed by atoms with Crippen LogP contribution in [0.25, 0.3) is 0 Å². The molecular formula is C27H34N4O2. The zero-order chi connectivity index (χ0) is 23.0. The summed E-state index contributed by atoms with van der Waals surface area (Å²) in [4.78, 5) is 20.6. The Labute approximate surface area is 197 Å². The van der Waals surface area contributed by atoms with Crippen LogP contribution in [0, 0.1) is 11.3 Å². The highest BCUT2D eigenvalue weighted by molar-refractivity contribution is 5.94. The van der Waals surface area contributed by atoms with Gasteiger partial charge in [-0.2, -0.15) is 5.26 Å². The molecule has 2 aliphatic heterocycles. The number of amides is 1. The molecule has 0 aliphatic carbocycles. The molecule has 4 rings (SSSR count). The van der Waals surface area contributed by atoms with Crippen molar-refractivity contribution in [2.24, 2.45) is 0 Å². The van der Waals surface area contributed by atoms with Gasteiger partial charge in [0.25, 0.3) is 5.91 Å². The Bertz CT molecular complexity index is 972. The molecule has 1 amide bonds. The maximum Gasteiger partial charge on any atom is 0.254 e. The number of piperidine rings is 1. The van der Waals surface area contributed by atoms with Crippen LogP contribution in [0.2, 0.25) is 0 Å². The van der Waals surface area contributed by atoms with Crippen molar-refractivity contribution in [2.45, 2.75) is 38.3 Å². The van der Waals surface area contributed by atoms with Crippen molar-refractivity contribution in [3.63, 3.8) is 0 Å². The molecule has 33 heavy (non-hydrogen) atoms. The minimum atomic E-state index is 0.105. The number of nitrogens with zero attached hydrogens (tertiary/aromatic N) is 4. The van der Waals surface area contributed by atoms with Gasteiger partial charge >= 0.3 is 0 Å². The van der Waals surface area contributed by atoms with E-state index in [1.807, 2.05) is 42.5 Å². The molecule has 2 saturated heterocycles. The molecule has 2 aromatic rings. The molecule has 0 aromatic heterocycles. The van der Waals surface area contributed by atoms with E-state index < -0.39 is 0 Å². The van der Waals surface area contributed by atoms with Gasteiger partial charge in [0.1, 0.15) is 5.75 Å². The Kier molecular flexibility index (Phi) is 7.98. The van der Waals surface area contributed by atoms with Crippen LogP contribution in [0.4, 0.5) is 0 Å². The third kappa shape index (κ3) is 6.13. The van der Waals surface area contributed by atoms with Gasteiger partial charge < -0.3 is 14.5 Å². The van der Waals surface area contributed by atoms with E-state index in [-0.39, 0.29) is 11.9 Å². The zero-order valence-electron chi connectivity index (χ0n) is 19.6. The van der Waals surface area contributed by atoms with E-state index in [1.165, 1.54) is 18.4 Å². The number of ether oxygens (including phenoxy) is 1. The van der Waals surface area contributed by atoms with Crippen LogP contribution >= 0.6 is 0 Å². The summed E-state index contributed by atoms with van der Waals surface area (Å²) in [6.07, 6.45) is 4.45. The largest absolute Gasteiger partial charge is 0.497 e. The van der Waals surface area contributed by atoms with Gasteiger partial charge in [-0.25, -0.2) is 0 Å². The molecule has 0 radical (unpaired) electrons. The van der Waals surface area contributed by atoms with Gasteiger partial charge in [0, 0.05) is 44.3 Å². The summed E-state index contributed by atoms with van der Waals surface area (Å²) >= 11 is 0. The zero-order valence-corrected chi connectivity index (χ0v) is 19.6. The summed E-state index contributed by atoms with van der Waals surface area (Å²) in [5.41, 5.74) is 2.58. The van der Waals surface area contributed by atoms with Gasteiger partial charge in [-0.3, -0.25) is 9.69 Å². The highest BCUT2D eigenvalue weighted by Gasteiger charge is 2.29. The fourth-order valence-corrected chi connectivity index (χ4v) is 5.01. The molecular weight excluding hydrogens is 412 g/mol. The predicted molar refractivity (Wildman–Crippen MR) is 129 cm³/mol. The lowest BCUT2D eigenvalue weighted by atomic mass is 10.0. The summed E-state index contributed by atoms with van der Waals surface area (Å²) in [5, 5.41) is 9.16. The minimum absolute atomic E-state index is 0.105. The van der Waals surface area contributed by atoms with Crippen molar-refractivity contribution in [2.75, 3.05) is 46.4 Å². The third-order valence-electron chi connectivity index (χ3n) is 6.89. The van der Waals surface area contributed by atoms with Crippen LogP contribution in [-0.2, 0) is 6.54 Å². The monoisotopic (exact) mass is 446 g/mol. The van der Waals surface area contributed by atoms with Crippen molar-refractivity contribution in [3.8, 4) is 11.8 Å². The number of carbonyl (C=O) groups excluding carboxylic acids is 1. The first-order valence-corrected chi connectivity index (χ1v) is 12.0. The number of hydrogen-bond acceptors (Lipinski definition) is 5. The average Bonchev–Trinajstić information content (AvgIpc) is 3.39. The van der Waals surface area contributed by atoms with Gasteiger partial charge in [-0.15, -0.1) is 0 Å². The maximum absolute atomic E-state index is 13.6. The van der Waals surface area contributed by atoms with Crippen molar-refractivity contribution in [3.05, 3.63) is 65.2 Å². The standard InChI is InChI=1S/C27H34N4O2/c1-33-26-9-5-8-24(19-26)27(32)31(17-16-29-12-2-3-13-29)25-10-14-30(15-11-25)21-23-7-4-6-22(18-23)20-28/h4-9,18-19,25H,2-3,10-17,21H2,1H3. The van der Waals surface area contributed by atoms with Gasteiger partial charge in [-0.05, 0) is 74.7 Å². The number of hydrogen-bond donors (Lipinski definition) is 0. The van der Waals surface area contributed by atoms with E-state index in [1.54, 1.807) is 7.11 Å². The van der Waals surface area contributed by atoms with Crippen molar-refractivity contribution < 1.29 is 9.53 Å². The predicted octanol–water partition coefficient (Wildman–Crippen LogP) is 3.77. The Morgan fingerprint density at radius 3 is 2.55 bits per heavy atom. The Hall–Kier alpha value is -2.88. The van der Waals surface area contributed by atoms with Crippen LogP contribution in [0.1, 0.15) is 47.2 Å². The molecule has 6 heteroatoms. The molecule has 2 aromatic carbocycles. The van der Waals surface area contributed by atoms with Crippen molar-refractivity contribution in [1.29, 1.82) is 5.26 Å². The molecule has 2 fully saturated rings. The highest BCUT2D eigenvalue weighted by atomic mass is 16.5. The number of likely N-dealkylation sites (tertiary alicyclic amines) is 2. The molecule has 0 N–H and O–H groups in total. The van der Waals surface area contributed by atoms with Gasteiger partial charge in [0.2, 0.25) is 0 Å². The second kappa shape index (κ2) is 11.3. The fraction of sp³-hybridized carbons (Fsp3) is 0.481.